The van der Waals surface area contributed by atoms with Gasteiger partial charge in [-0.1, -0.05) is 44.2 Å². The minimum atomic E-state index is -0.820. The lowest BCUT2D eigenvalue weighted by molar-refractivity contribution is -0.142. The number of hydrogen-bond donors (Lipinski definition) is 2. The molecule has 0 aliphatic carbocycles. The van der Waals surface area contributed by atoms with Crippen LogP contribution in [0.2, 0.25) is 0 Å². The summed E-state index contributed by atoms with van der Waals surface area (Å²) in [5.41, 5.74) is 0.828. The molecule has 1 saturated heterocycles. The molecule has 162 valence electrons. The maximum atomic E-state index is 13.3. The van der Waals surface area contributed by atoms with Gasteiger partial charge in [0.2, 0.25) is 17.7 Å². The number of nitrogens with zero attached hydrogens (tertiary/aromatic N) is 2. The van der Waals surface area contributed by atoms with E-state index in [0.29, 0.717) is 6.42 Å². The highest BCUT2D eigenvalue weighted by atomic mass is 16.2. The number of nitrogens with one attached hydrogen (secondary N) is 2. The van der Waals surface area contributed by atoms with Crippen LogP contribution in [0.5, 0.6) is 0 Å². The second kappa shape index (κ2) is 10.0. The van der Waals surface area contributed by atoms with Crippen molar-refractivity contribution in [1.82, 2.24) is 20.4 Å². The second-order valence-electron chi connectivity index (χ2n) is 7.89. The summed E-state index contributed by atoms with van der Waals surface area (Å²) in [6.07, 6.45) is 1.99. The van der Waals surface area contributed by atoms with Crippen molar-refractivity contribution in [1.29, 1.82) is 0 Å². The average Bonchev–Trinajstić information content (AvgIpc) is 2.72. The molecular formula is C22H30N4O4. The molecule has 1 aliphatic rings. The predicted octanol–water partition coefficient (Wildman–Crippen LogP) is 0.994. The highest BCUT2D eigenvalue weighted by Crippen LogP contribution is 2.15. The van der Waals surface area contributed by atoms with Gasteiger partial charge < -0.3 is 20.4 Å². The van der Waals surface area contributed by atoms with Crippen molar-refractivity contribution in [3.05, 3.63) is 41.6 Å². The van der Waals surface area contributed by atoms with Crippen LogP contribution in [-0.4, -0.2) is 66.2 Å². The van der Waals surface area contributed by atoms with E-state index in [0.717, 1.165) is 5.56 Å². The summed E-state index contributed by atoms with van der Waals surface area (Å²) in [7, 11) is 3.00. The van der Waals surface area contributed by atoms with Gasteiger partial charge >= 0.3 is 0 Å². The summed E-state index contributed by atoms with van der Waals surface area (Å²) >= 11 is 0. The van der Waals surface area contributed by atoms with E-state index < -0.39 is 35.7 Å². The zero-order valence-electron chi connectivity index (χ0n) is 18.1. The van der Waals surface area contributed by atoms with Crippen LogP contribution in [-0.2, 0) is 19.2 Å². The molecule has 0 saturated carbocycles. The van der Waals surface area contributed by atoms with Gasteiger partial charge in [-0.25, -0.2) is 0 Å². The number of amides is 4. The minimum absolute atomic E-state index is 0.0956. The van der Waals surface area contributed by atoms with E-state index in [-0.39, 0.29) is 18.2 Å². The summed E-state index contributed by atoms with van der Waals surface area (Å²) in [5, 5.41) is 5.33. The number of carbonyl (C=O) groups excluding carboxylic acids is 4. The van der Waals surface area contributed by atoms with Crippen LogP contribution >= 0.6 is 0 Å². The van der Waals surface area contributed by atoms with E-state index >= 15 is 0 Å². The molecule has 0 aromatic heterocycles. The number of carbonyl (C=O) groups is 4. The topological polar surface area (TPSA) is 98.8 Å². The largest absolute Gasteiger partial charge is 0.342 e. The molecule has 4 amide bonds. The molecule has 2 rings (SSSR count). The number of likely N-dealkylation sites (N-methyl/N-ethyl adjacent to an activating group) is 2. The quantitative estimate of drug-likeness (QED) is 0.721. The summed E-state index contributed by atoms with van der Waals surface area (Å²) in [6.45, 7) is 5.20. The van der Waals surface area contributed by atoms with E-state index in [1.54, 1.807) is 13.0 Å². The maximum absolute atomic E-state index is 13.3. The molecule has 1 aliphatic heterocycles. The molecular weight excluding hydrogens is 384 g/mol. The van der Waals surface area contributed by atoms with Crippen molar-refractivity contribution < 1.29 is 19.2 Å². The highest BCUT2D eigenvalue weighted by Gasteiger charge is 2.32. The Balaban J connectivity index is 2.49. The summed E-state index contributed by atoms with van der Waals surface area (Å²) in [4.78, 5) is 53.8. The van der Waals surface area contributed by atoms with Crippen LogP contribution in [0.1, 0.15) is 32.8 Å². The van der Waals surface area contributed by atoms with E-state index in [9.17, 15) is 19.2 Å². The molecule has 30 heavy (non-hydrogen) atoms. The molecule has 0 radical (unpaired) electrons. The van der Waals surface area contributed by atoms with Gasteiger partial charge in [-0.05, 0) is 30.9 Å². The Kier molecular flexibility index (Phi) is 7.74. The lowest BCUT2D eigenvalue weighted by Gasteiger charge is -2.31. The fourth-order valence-electron chi connectivity index (χ4n) is 3.12. The molecule has 0 bridgehead atoms. The van der Waals surface area contributed by atoms with E-state index in [2.05, 4.69) is 10.6 Å². The van der Waals surface area contributed by atoms with Gasteiger partial charge in [0, 0.05) is 14.1 Å². The first-order chi connectivity index (χ1) is 14.1. The minimum Gasteiger partial charge on any atom is -0.342 e. The zero-order valence-corrected chi connectivity index (χ0v) is 18.1. The standard InChI is InChI=1S/C22H30N4O4/c1-14(2)11-17-22(30)26(5)18(12-16-9-7-6-8-10-16)21(29)23-13-19(27)25(4)15(3)20(28)24-17/h6-10,12,14-15,17H,11,13H2,1-5H3,(H,23,29)(H,24,28)/b18-12-/t15-,17+/m0/s1. The van der Waals surface area contributed by atoms with Crippen LogP contribution < -0.4 is 10.6 Å². The Hall–Kier alpha value is -3.16. The van der Waals surface area contributed by atoms with Gasteiger partial charge in [0.05, 0.1) is 6.54 Å². The number of rotatable bonds is 3. The van der Waals surface area contributed by atoms with Gasteiger partial charge in [-0.3, -0.25) is 19.2 Å². The molecule has 1 aromatic rings. The van der Waals surface area contributed by atoms with Gasteiger partial charge in [0.1, 0.15) is 17.8 Å². The Morgan fingerprint density at radius 3 is 2.33 bits per heavy atom. The first-order valence-electron chi connectivity index (χ1n) is 10.00. The van der Waals surface area contributed by atoms with Gasteiger partial charge in [-0.15, -0.1) is 0 Å². The lowest BCUT2D eigenvalue weighted by Crippen LogP contribution is -2.56. The van der Waals surface area contributed by atoms with Crippen molar-refractivity contribution in [3.63, 3.8) is 0 Å². The molecule has 8 heteroatoms. The second-order valence-corrected chi connectivity index (χ2v) is 7.89. The molecule has 2 N–H and O–H groups in total. The van der Waals surface area contributed by atoms with E-state index in [1.807, 2.05) is 44.2 Å². The first-order valence-corrected chi connectivity index (χ1v) is 10.00. The Morgan fingerprint density at radius 1 is 1.10 bits per heavy atom. The number of benzene rings is 1. The van der Waals surface area contributed by atoms with Crippen LogP contribution in [0.4, 0.5) is 0 Å². The lowest BCUT2D eigenvalue weighted by atomic mass is 10.0. The third-order valence-corrected chi connectivity index (χ3v) is 5.10. The SMILES string of the molecule is CC(C)C[C@H]1NC(=O)[C@H](C)N(C)C(=O)CNC(=O)/C(=C/c2ccccc2)N(C)C1=O. The van der Waals surface area contributed by atoms with Gasteiger partial charge in [-0.2, -0.15) is 0 Å². The van der Waals surface area contributed by atoms with Gasteiger partial charge in [0.15, 0.2) is 0 Å². The molecule has 8 nitrogen and oxygen atoms in total. The van der Waals surface area contributed by atoms with Crippen molar-refractivity contribution >= 4 is 29.7 Å². The van der Waals surface area contributed by atoms with Crippen LogP contribution in [0.15, 0.2) is 36.0 Å². The van der Waals surface area contributed by atoms with Crippen LogP contribution in [0.3, 0.4) is 0 Å². The van der Waals surface area contributed by atoms with E-state index in [1.165, 1.54) is 23.9 Å². The molecule has 0 unspecified atom stereocenters. The fourth-order valence-corrected chi connectivity index (χ4v) is 3.12. The Labute approximate surface area is 177 Å². The van der Waals surface area contributed by atoms with E-state index in [4.69, 9.17) is 0 Å². The van der Waals surface area contributed by atoms with Gasteiger partial charge in [0.25, 0.3) is 5.91 Å². The van der Waals surface area contributed by atoms with Crippen molar-refractivity contribution in [2.75, 3.05) is 20.6 Å². The summed E-state index contributed by atoms with van der Waals surface area (Å²) < 4.78 is 0. The van der Waals surface area contributed by atoms with Crippen LogP contribution in [0.25, 0.3) is 6.08 Å². The Bertz CT molecular complexity index is 835. The normalized spacial score (nSPS) is 23.2. The summed E-state index contributed by atoms with van der Waals surface area (Å²) in [6, 6.07) is 7.51. The van der Waals surface area contributed by atoms with Crippen LogP contribution in [0, 0.1) is 5.92 Å². The molecule has 1 heterocycles. The first kappa shape index (κ1) is 23.1. The summed E-state index contributed by atoms with van der Waals surface area (Å²) in [5.74, 6) is -1.63. The Morgan fingerprint density at radius 2 is 1.73 bits per heavy atom. The van der Waals surface area contributed by atoms with Crippen molar-refractivity contribution in [2.24, 2.45) is 5.92 Å². The number of hydrogen-bond acceptors (Lipinski definition) is 4. The third kappa shape index (κ3) is 5.68. The molecule has 1 fully saturated rings. The van der Waals surface area contributed by atoms with Crippen molar-refractivity contribution in [2.45, 2.75) is 39.3 Å². The fraction of sp³-hybridized carbons (Fsp3) is 0.455. The zero-order chi connectivity index (χ0) is 22.4. The maximum Gasteiger partial charge on any atom is 0.268 e. The van der Waals surface area contributed by atoms with Crippen molar-refractivity contribution in [3.8, 4) is 0 Å². The third-order valence-electron chi connectivity index (χ3n) is 5.10. The smallest absolute Gasteiger partial charge is 0.268 e. The monoisotopic (exact) mass is 414 g/mol. The molecule has 1 aromatic carbocycles. The predicted molar refractivity (Wildman–Crippen MR) is 114 cm³/mol. The highest BCUT2D eigenvalue weighted by molar-refractivity contribution is 6.04. The average molecular weight is 415 g/mol. The molecule has 2 atom stereocenters. The molecule has 0 spiro atoms.